The van der Waals surface area contributed by atoms with E-state index in [0.29, 0.717) is 13.0 Å². The lowest BCUT2D eigenvalue weighted by molar-refractivity contribution is -0.119. The second-order valence-corrected chi connectivity index (χ2v) is 4.54. The normalized spacial score (nSPS) is 20.0. The number of hydrogen-bond acceptors (Lipinski definition) is 3. The molecule has 1 aromatic rings. The molecule has 1 aliphatic rings. The molecular formula is C11H12N2O2S. The molecule has 2 amide bonds. The molecule has 2 rings (SSSR count). The van der Waals surface area contributed by atoms with Crippen LogP contribution in [0.4, 0.5) is 0 Å². The van der Waals surface area contributed by atoms with Gasteiger partial charge >= 0.3 is 0 Å². The van der Waals surface area contributed by atoms with Crippen molar-refractivity contribution >= 4 is 29.2 Å². The molecule has 0 aromatic carbocycles. The van der Waals surface area contributed by atoms with Gasteiger partial charge in [0.2, 0.25) is 11.8 Å². The fourth-order valence-electron chi connectivity index (χ4n) is 1.50. The Hall–Kier alpha value is -1.62. The molecule has 2 N–H and O–H groups in total. The van der Waals surface area contributed by atoms with Crippen molar-refractivity contribution in [2.24, 2.45) is 0 Å². The third-order valence-corrected chi connectivity index (χ3v) is 3.10. The van der Waals surface area contributed by atoms with Crippen molar-refractivity contribution in [2.45, 2.75) is 12.5 Å². The highest BCUT2D eigenvalue weighted by molar-refractivity contribution is 7.10. The van der Waals surface area contributed by atoms with Crippen molar-refractivity contribution < 1.29 is 9.59 Å². The number of nitrogens with one attached hydrogen (secondary N) is 2. The number of carbonyl (C=O) groups excluding carboxylic acids is 2. The Labute approximate surface area is 97.4 Å². The topological polar surface area (TPSA) is 58.2 Å². The van der Waals surface area contributed by atoms with Gasteiger partial charge in [0.1, 0.15) is 0 Å². The highest BCUT2D eigenvalue weighted by atomic mass is 32.1. The van der Waals surface area contributed by atoms with E-state index in [1.165, 1.54) is 6.08 Å². The van der Waals surface area contributed by atoms with Crippen LogP contribution in [-0.4, -0.2) is 24.4 Å². The van der Waals surface area contributed by atoms with E-state index in [1.807, 2.05) is 17.5 Å². The zero-order valence-corrected chi connectivity index (χ0v) is 9.42. The number of hydrogen-bond donors (Lipinski definition) is 2. The Morgan fingerprint density at radius 3 is 3.12 bits per heavy atom. The highest BCUT2D eigenvalue weighted by Gasteiger charge is 2.21. The second-order valence-electron chi connectivity index (χ2n) is 3.56. The maximum atomic E-state index is 11.5. The van der Waals surface area contributed by atoms with Crippen molar-refractivity contribution in [3.63, 3.8) is 0 Å². The van der Waals surface area contributed by atoms with Gasteiger partial charge < -0.3 is 10.6 Å². The molecule has 0 aliphatic carbocycles. The molecule has 0 radical (unpaired) electrons. The summed E-state index contributed by atoms with van der Waals surface area (Å²) >= 11 is 1.57. The highest BCUT2D eigenvalue weighted by Crippen LogP contribution is 2.10. The van der Waals surface area contributed by atoms with Crippen molar-refractivity contribution in [3.05, 3.63) is 28.5 Å². The van der Waals surface area contributed by atoms with E-state index >= 15 is 0 Å². The van der Waals surface area contributed by atoms with E-state index in [9.17, 15) is 9.59 Å². The van der Waals surface area contributed by atoms with Crippen molar-refractivity contribution in [1.82, 2.24) is 10.6 Å². The van der Waals surface area contributed by atoms with E-state index in [4.69, 9.17) is 0 Å². The summed E-state index contributed by atoms with van der Waals surface area (Å²) in [5.41, 5.74) is 0. The molecule has 4 nitrogen and oxygen atoms in total. The predicted molar refractivity (Wildman–Crippen MR) is 62.9 cm³/mol. The number of carbonyl (C=O) groups is 2. The number of amides is 2. The lowest BCUT2D eigenvalue weighted by Gasteiger charge is -2.06. The zero-order chi connectivity index (χ0) is 11.4. The summed E-state index contributed by atoms with van der Waals surface area (Å²) in [6.45, 7) is 0.525. The Kier molecular flexibility index (Phi) is 3.36. The zero-order valence-electron chi connectivity index (χ0n) is 8.60. The summed E-state index contributed by atoms with van der Waals surface area (Å²) in [6.07, 6.45) is 3.64. The van der Waals surface area contributed by atoms with Gasteiger partial charge in [0, 0.05) is 23.9 Å². The molecule has 2 heterocycles. The number of rotatable bonds is 3. The van der Waals surface area contributed by atoms with Gasteiger partial charge in [-0.2, -0.15) is 0 Å². The molecule has 5 heteroatoms. The monoisotopic (exact) mass is 236 g/mol. The maximum absolute atomic E-state index is 11.5. The molecule has 1 atom stereocenters. The van der Waals surface area contributed by atoms with Crippen LogP contribution in [0.25, 0.3) is 6.08 Å². The first-order chi connectivity index (χ1) is 7.74. The minimum atomic E-state index is -0.157. The van der Waals surface area contributed by atoms with E-state index in [-0.39, 0.29) is 17.9 Å². The molecule has 1 aliphatic heterocycles. The quantitative estimate of drug-likeness (QED) is 0.761. The van der Waals surface area contributed by atoms with Gasteiger partial charge in [-0.15, -0.1) is 11.3 Å². The predicted octanol–water partition coefficient (Wildman–Crippen LogP) is 0.766. The molecule has 1 unspecified atom stereocenters. The fourth-order valence-corrected chi connectivity index (χ4v) is 2.12. The molecule has 0 bridgehead atoms. The van der Waals surface area contributed by atoms with Crippen LogP contribution in [-0.2, 0) is 9.59 Å². The Morgan fingerprint density at radius 1 is 1.62 bits per heavy atom. The summed E-state index contributed by atoms with van der Waals surface area (Å²) in [4.78, 5) is 23.4. The van der Waals surface area contributed by atoms with Crippen LogP contribution >= 0.6 is 11.3 Å². The van der Waals surface area contributed by atoms with Gasteiger partial charge in [-0.25, -0.2) is 0 Å². The van der Waals surface area contributed by atoms with Crippen molar-refractivity contribution in [3.8, 4) is 0 Å². The SMILES string of the molecule is O=C(/C=C/c1cccs1)NC1CNC(=O)C1. The Balaban J connectivity index is 1.82. The van der Waals surface area contributed by atoms with Crippen LogP contribution < -0.4 is 10.6 Å². The first kappa shape index (κ1) is 10.9. The number of thiophene rings is 1. The van der Waals surface area contributed by atoms with Gasteiger partial charge in [-0.1, -0.05) is 6.07 Å². The smallest absolute Gasteiger partial charge is 0.244 e. The lowest BCUT2D eigenvalue weighted by Crippen LogP contribution is -2.34. The molecule has 1 saturated heterocycles. The average molecular weight is 236 g/mol. The van der Waals surface area contributed by atoms with Gasteiger partial charge in [0.15, 0.2) is 0 Å². The molecular weight excluding hydrogens is 224 g/mol. The Bertz CT molecular complexity index is 412. The van der Waals surface area contributed by atoms with Crippen LogP contribution in [0.15, 0.2) is 23.6 Å². The second kappa shape index (κ2) is 4.94. The minimum absolute atomic E-state index is 0.00691. The van der Waals surface area contributed by atoms with Crippen LogP contribution in [0, 0.1) is 0 Å². The van der Waals surface area contributed by atoms with Crippen LogP contribution in [0.5, 0.6) is 0 Å². The molecule has 1 aromatic heterocycles. The van der Waals surface area contributed by atoms with E-state index in [0.717, 1.165) is 4.88 Å². The molecule has 0 spiro atoms. The fraction of sp³-hybridized carbons (Fsp3) is 0.273. The van der Waals surface area contributed by atoms with Gasteiger partial charge in [0.05, 0.1) is 6.04 Å². The van der Waals surface area contributed by atoms with E-state index < -0.39 is 0 Å². The summed E-state index contributed by atoms with van der Waals surface area (Å²) in [7, 11) is 0. The molecule has 84 valence electrons. The summed E-state index contributed by atoms with van der Waals surface area (Å²) in [5.74, 6) is -0.164. The minimum Gasteiger partial charge on any atom is -0.354 e. The lowest BCUT2D eigenvalue weighted by atomic mass is 10.2. The van der Waals surface area contributed by atoms with Crippen molar-refractivity contribution in [2.75, 3.05) is 6.54 Å². The van der Waals surface area contributed by atoms with E-state index in [2.05, 4.69) is 10.6 Å². The molecule has 1 fully saturated rings. The summed E-state index contributed by atoms with van der Waals surface area (Å²) in [5, 5.41) is 7.39. The largest absolute Gasteiger partial charge is 0.354 e. The van der Waals surface area contributed by atoms with Gasteiger partial charge in [0.25, 0.3) is 0 Å². The van der Waals surface area contributed by atoms with Crippen LogP contribution in [0.1, 0.15) is 11.3 Å². The first-order valence-corrected chi connectivity index (χ1v) is 5.91. The first-order valence-electron chi connectivity index (χ1n) is 5.03. The third-order valence-electron chi connectivity index (χ3n) is 2.27. The van der Waals surface area contributed by atoms with Gasteiger partial charge in [-0.05, 0) is 17.5 Å². The summed E-state index contributed by atoms with van der Waals surface area (Å²) in [6, 6.07) is 3.80. The summed E-state index contributed by atoms with van der Waals surface area (Å²) < 4.78 is 0. The standard InChI is InChI=1S/C11H12N2O2S/c14-10(4-3-9-2-1-5-16-9)13-8-6-11(15)12-7-8/h1-5,8H,6-7H2,(H,12,15)(H,13,14)/b4-3+. The average Bonchev–Trinajstić information content (AvgIpc) is 2.87. The maximum Gasteiger partial charge on any atom is 0.244 e. The third kappa shape index (κ3) is 2.93. The molecule has 0 saturated carbocycles. The van der Waals surface area contributed by atoms with E-state index in [1.54, 1.807) is 17.4 Å². The Morgan fingerprint density at radius 2 is 2.50 bits per heavy atom. The van der Waals surface area contributed by atoms with Crippen molar-refractivity contribution in [1.29, 1.82) is 0 Å². The van der Waals surface area contributed by atoms with Crippen LogP contribution in [0.2, 0.25) is 0 Å². The van der Waals surface area contributed by atoms with Gasteiger partial charge in [-0.3, -0.25) is 9.59 Å². The van der Waals surface area contributed by atoms with Crippen LogP contribution in [0.3, 0.4) is 0 Å². The molecule has 16 heavy (non-hydrogen) atoms.